The van der Waals surface area contributed by atoms with E-state index in [-0.39, 0.29) is 5.97 Å². The van der Waals surface area contributed by atoms with Crippen molar-refractivity contribution in [3.05, 3.63) is 0 Å². The number of methoxy groups -OCH3 is 1. The van der Waals surface area contributed by atoms with Crippen molar-refractivity contribution >= 4 is 5.97 Å². The van der Waals surface area contributed by atoms with Gasteiger partial charge in [0.15, 0.2) is 0 Å². The maximum Gasteiger partial charge on any atom is 0.326 e. The molecule has 0 radical (unpaired) electrons. The van der Waals surface area contributed by atoms with Crippen molar-refractivity contribution in [2.75, 3.05) is 27.2 Å². The van der Waals surface area contributed by atoms with Crippen molar-refractivity contribution in [2.45, 2.75) is 64.0 Å². The number of carbonyl (C=O) groups is 1. The van der Waals surface area contributed by atoms with Crippen molar-refractivity contribution < 1.29 is 9.53 Å². The second kappa shape index (κ2) is 6.02. The molecule has 0 aromatic heterocycles. The summed E-state index contributed by atoms with van der Waals surface area (Å²) in [5.74, 6) is -0.0992. The Morgan fingerprint density at radius 1 is 1.35 bits per heavy atom. The van der Waals surface area contributed by atoms with Crippen LogP contribution in [0, 0.1) is 5.41 Å². The summed E-state index contributed by atoms with van der Waals surface area (Å²) in [5.41, 5.74) is 0.0719. The number of esters is 1. The van der Waals surface area contributed by atoms with Crippen LogP contribution < -0.4 is 5.32 Å². The molecule has 1 N–H and O–H groups in total. The van der Waals surface area contributed by atoms with Gasteiger partial charge < -0.3 is 15.0 Å². The Kier molecular flexibility index (Phi) is 4.75. The lowest BCUT2D eigenvalue weighted by atomic mass is 9.78. The first kappa shape index (κ1) is 15.8. The molecule has 1 aliphatic carbocycles. The summed E-state index contributed by atoms with van der Waals surface area (Å²) in [6.07, 6.45) is 6.71. The Labute approximate surface area is 123 Å². The number of ether oxygens (including phenoxy) is 1. The van der Waals surface area contributed by atoms with Gasteiger partial charge in [0.25, 0.3) is 0 Å². The van der Waals surface area contributed by atoms with E-state index in [0.29, 0.717) is 11.5 Å². The number of likely N-dealkylation sites (tertiary alicyclic amines) is 1. The minimum Gasteiger partial charge on any atom is -0.468 e. The monoisotopic (exact) mass is 282 g/mol. The molecule has 4 heteroatoms. The number of rotatable bonds is 4. The lowest BCUT2D eigenvalue weighted by Crippen LogP contribution is -2.51. The second-order valence-corrected chi connectivity index (χ2v) is 6.92. The number of piperidine rings is 1. The molecule has 1 aliphatic heterocycles. The normalized spacial score (nSPS) is 34.1. The molecular weight excluding hydrogens is 252 g/mol. The number of carbonyl (C=O) groups excluding carboxylic acids is 1. The predicted molar refractivity (Wildman–Crippen MR) is 80.7 cm³/mol. The summed E-state index contributed by atoms with van der Waals surface area (Å²) in [6, 6.07) is 0.531. The highest BCUT2D eigenvalue weighted by atomic mass is 16.5. The van der Waals surface area contributed by atoms with E-state index in [4.69, 9.17) is 4.74 Å². The van der Waals surface area contributed by atoms with Gasteiger partial charge in [0.2, 0.25) is 0 Å². The Balaban J connectivity index is 1.95. The van der Waals surface area contributed by atoms with Crippen LogP contribution in [0.5, 0.6) is 0 Å². The van der Waals surface area contributed by atoms with Crippen molar-refractivity contribution in [3.8, 4) is 0 Å². The summed E-state index contributed by atoms with van der Waals surface area (Å²) in [4.78, 5) is 14.6. The van der Waals surface area contributed by atoms with E-state index < -0.39 is 5.54 Å². The molecule has 0 spiro atoms. The molecule has 2 aliphatic rings. The molecule has 4 nitrogen and oxygen atoms in total. The molecule has 20 heavy (non-hydrogen) atoms. The highest BCUT2D eigenvalue weighted by Gasteiger charge is 2.47. The van der Waals surface area contributed by atoms with Gasteiger partial charge in [-0.2, -0.15) is 0 Å². The van der Waals surface area contributed by atoms with Crippen molar-refractivity contribution in [2.24, 2.45) is 5.41 Å². The van der Waals surface area contributed by atoms with Gasteiger partial charge in [-0.25, -0.2) is 0 Å². The quantitative estimate of drug-likeness (QED) is 0.803. The highest BCUT2D eigenvalue weighted by molar-refractivity contribution is 5.81. The van der Waals surface area contributed by atoms with E-state index in [9.17, 15) is 4.79 Å². The van der Waals surface area contributed by atoms with Gasteiger partial charge in [-0.1, -0.05) is 20.3 Å². The lowest BCUT2D eigenvalue weighted by molar-refractivity contribution is -0.148. The van der Waals surface area contributed by atoms with Gasteiger partial charge in [-0.15, -0.1) is 0 Å². The minimum absolute atomic E-state index is 0.0992. The molecule has 1 saturated carbocycles. The predicted octanol–water partition coefficient (Wildman–Crippen LogP) is 2.18. The summed E-state index contributed by atoms with van der Waals surface area (Å²) < 4.78 is 4.99. The van der Waals surface area contributed by atoms with Crippen LogP contribution >= 0.6 is 0 Å². The third-order valence-corrected chi connectivity index (χ3v) is 5.92. The molecule has 1 saturated heterocycles. The van der Waals surface area contributed by atoms with E-state index in [0.717, 1.165) is 19.3 Å². The molecule has 0 aromatic carbocycles. The van der Waals surface area contributed by atoms with Crippen molar-refractivity contribution in [1.29, 1.82) is 0 Å². The van der Waals surface area contributed by atoms with E-state index >= 15 is 0 Å². The number of nitrogens with one attached hydrogen (secondary N) is 1. The lowest BCUT2D eigenvalue weighted by Gasteiger charge is -2.42. The average molecular weight is 282 g/mol. The summed E-state index contributed by atoms with van der Waals surface area (Å²) in [6.45, 7) is 7.06. The molecule has 2 atom stereocenters. The molecule has 0 amide bonds. The van der Waals surface area contributed by atoms with Gasteiger partial charge in [0.05, 0.1) is 7.11 Å². The SMILES string of the molecule is CCC1(C)CCN(C2CCC(NC)(C(=O)OC)C2)CC1. The molecule has 0 aromatic rings. The molecule has 2 rings (SSSR count). The second-order valence-electron chi connectivity index (χ2n) is 6.92. The zero-order valence-corrected chi connectivity index (χ0v) is 13.5. The third-order valence-electron chi connectivity index (χ3n) is 5.92. The van der Waals surface area contributed by atoms with Crippen LogP contribution in [0.1, 0.15) is 52.4 Å². The van der Waals surface area contributed by atoms with Crippen molar-refractivity contribution in [3.63, 3.8) is 0 Å². The van der Waals surface area contributed by atoms with Crippen molar-refractivity contribution in [1.82, 2.24) is 10.2 Å². The van der Waals surface area contributed by atoms with Gasteiger partial charge in [-0.05, 0) is 57.7 Å². The summed E-state index contributed by atoms with van der Waals surface area (Å²) in [5, 5.41) is 3.22. The minimum atomic E-state index is -0.453. The molecule has 0 bridgehead atoms. The number of hydrogen-bond donors (Lipinski definition) is 1. The maximum atomic E-state index is 12.0. The van der Waals surface area contributed by atoms with Gasteiger partial charge in [-0.3, -0.25) is 4.79 Å². The number of likely N-dealkylation sites (N-methyl/N-ethyl adjacent to an activating group) is 1. The van der Waals surface area contributed by atoms with Gasteiger partial charge >= 0.3 is 5.97 Å². The molecule has 116 valence electrons. The highest BCUT2D eigenvalue weighted by Crippen LogP contribution is 2.39. The first-order valence-electron chi connectivity index (χ1n) is 8.00. The van der Waals surface area contributed by atoms with Crippen LogP contribution in [0.3, 0.4) is 0 Å². The van der Waals surface area contributed by atoms with E-state index in [1.54, 1.807) is 0 Å². The Bertz CT molecular complexity index is 350. The Morgan fingerprint density at radius 2 is 2.00 bits per heavy atom. The number of hydrogen-bond acceptors (Lipinski definition) is 4. The topological polar surface area (TPSA) is 41.6 Å². The van der Waals surface area contributed by atoms with Crippen LogP contribution in [0.25, 0.3) is 0 Å². The zero-order chi connectivity index (χ0) is 14.8. The van der Waals surface area contributed by atoms with Gasteiger partial charge in [0, 0.05) is 6.04 Å². The zero-order valence-electron chi connectivity index (χ0n) is 13.5. The first-order valence-corrected chi connectivity index (χ1v) is 8.00. The smallest absolute Gasteiger partial charge is 0.326 e. The van der Waals surface area contributed by atoms with Crippen LogP contribution in [-0.4, -0.2) is 49.7 Å². The fourth-order valence-electron chi connectivity index (χ4n) is 3.82. The van der Waals surface area contributed by atoms with Crippen LogP contribution in [-0.2, 0) is 9.53 Å². The fourth-order valence-corrected chi connectivity index (χ4v) is 3.82. The molecule has 2 fully saturated rings. The molecular formula is C16H30N2O2. The van der Waals surface area contributed by atoms with Gasteiger partial charge in [0.1, 0.15) is 5.54 Å². The standard InChI is InChI=1S/C16H30N2O2/c1-5-15(2)8-10-18(11-9-15)13-6-7-16(12-13,17-3)14(19)20-4/h13,17H,5-12H2,1-4H3. The van der Waals surface area contributed by atoms with Crippen LogP contribution in [0.4, 0.5) is 0 Å². The third kappa shape index (κ3) is 2.86. The summed E-state index contributed by atoms with van der Waals surface area (Å²) in [7, 11) is 3.37. The molecule has 1 heterocycles. The average Bonchev–Trinajstić information content (AvgIpc) is 2.93. The first-order chi connectivity index (χ1) is 9.48. The Morgan fingerprint density at radius 3 is 2.50 bits per heavy atom. The molecule has 2 unspecified atom stereocenters. The van der Waals surface area contributed by atoms with E-state index in [2.05, 4.69) is 24.1 Å². The van der Waals surface area contributed by atoms with Crippen LogP contribution in [0.15, 0.2) is 0 Å². The largest absolute Gasteiger partial charge is 0.468 e. The van der Waals surface area contributed by atoms with E-state index in [1.807, 2.05) is 7.05 Å². The van der Waals surface area contributed by atoms with Crippen LogP contribution in [0.2, 0.25) is 0 Å². The Hall–Kier alpha value is -0.610. The number of nitrogens with zero attached hydrogens (tertiary/aromatic N) is 1. The van der Waals surface area contributed by atoms with E-state index in [1.165, 1.54) is 39.5 Å². The maximum absolute atomic E-state index is 12.0. The fraction of sp³-hybridized carbons (Fsp3) is 0.938. The summed E-state index contributed by atoms with van der Waals surface area (Å²) >= 11 is 0.